The first-order valence-corrected chi connectivity index (χ1v) is 26.7. The van der Waals surface area contributed by atoms with Gasteiger partial charge in [0.25, 0.3) is 7.82 Å². The normalized spacial score (nSPS) is 14.6. The van der Waals surface area contributed by atoms with E-state index in [-0.39, 0.29) is 32.2 Å². The molecular weight excluding hydrogens is 830 g/mol. The van der Waals surface area contributed by atoms with Crippen molar-refractivity contribution in [2.75, 3.05) is 54.1 Å². The predicted octanol–water partition coefficient (Wildman–Crippen LogP) is 15.1. The Morgan fingerprint density at radius 3 is 1.26 bits per heavy atom. The number of carbonyl (C=O) groups is 1. The Morgan fingerprint density at radius 2 is 0.846 bits per heavy atom. The molecule has 0 aliphatic rings. The molecule has 0 aromatic carbocycles. The third kappa shape index (κ3) is 51.7. The molecule has 0 aromatic rings. The fourth-order valence-corrected chi connectivity index (χ4v) is 6.92. The van der Waals surface area contributed by atoms with Crippen LogP contribution in [0.15, 0.2) is 122 Å². The van der Waals surface area contributed by atoms with E-state index in [1.165, 1.54) is 38.5 Å². The highest BCUT2D eigenvalue weighted by Gasteiger charge is 2.20. The van der Waals surface area contributed by atoms with E-state index in [1.54, 1.807) is 0 Å². The molecular formula is C56H94NO7P. The Kier molecular flexibility index (Phi) is 45.1. The lowest BCUT2D eigenvalue weighted by Crippen LogP contribution is -2.37. The van der Waals surface area contributed by atoms with Crippen LogP contribution in [0.4, 0.5) is 0 Å². The van der Waals surface area contributed by atoms with Crippen LogP contribution >= 0.6 is 7.82 Å². The minimum atomic E-state index is -4.56. The number of phosphoric acid groups is 1. The van der Waals surface area contributed by atoms with Gasteiger partial charge in [-0.25, -0.2) is 0 Å². The van der Waals surface area contributed by atoms with Gasteiger partial charge >= 0.3 is 5.97 Å². The minimum absolute atomic E-state index is 0.00861. The van der Waals surface area contributed by atoms with Crippen molar-refractivity contribution >= 4 is 13.8 Å². The summed E-state index contributed by atoms with van der Waals surface area (Å²) >= 11 is 0. The molecule has 0 saturated heterocycles. The third-order valence-corrected chi connectivity index (χ3v) is 11.0. The Balaban J connectivity index is 4.29. The lowest BCUT2D eigenvalue weighted by molar-refractivity contribution is -0.870. The molecule has 0 spiro atoms. The molecule has 65 heavy (non-hydrogen) atoms. The van der Waals surface area contributed by atoms with Crippen molar-refractivity contribution in [2.45, 2.75) is 174 Å². The molecule has 0 amide bonds. The maximum atomic E-state index is 12.7. The maximum Gasteiger partial charge on any atom is 0.306 e. The van der Waals surface area contributed by atoms with Crippen LogP contribution in [0.25, 0.3) is 0 Å². The number of nitrogens with zero attached hydrogens (tertiary/aromatic N) is 1. The van der Waals surface area contributed by atoms with Gasteiger partial charge in [-0.15, -0.1) is 0 Å². The monoisotopic (exact) mass is 924 g/mol. The van der Waals surface area contributed by atoms with Crippen molar-refractivity contribution in [3.63, 3.8) is 0 Å². The molecule has 2 atom stereocenters. The number of esters is 1. The van der Waals surface area contributed by atoms with Crippen molar-refractivity contribution in [3.8, 4) is 0 Å². The average Bonchev–Trinajstić information content (AvgIpc) is 3.27. The van der Waals surface area contributed by atoms with Gasteiger partial charge in [0.2, 0.25) is 0 Å². The second-order valence-electron chi connectivity index (χ2n) is 17.4. The molecule has 9 heteroatoms. The van der Waals surface area contributed by atoms with Crippen molar-refractivity contribution < 1.29 is 37.3 Å². The third-order valence-electron chi connectivity index (χ3n) is 10.0. The second-order valence-corrected chi connectivity index (χ2v) is 18.8. The Bertz CT molecular complexity index is 1450. The van der Waals surface area contributed by atoms with Gasteiger partial charge in [-0.05, 0) is 103 Å². The minimum Gasteiger partial charge on any atom is -0.756 e. The molecule has 0 radical (unpaired) electrons. The van der Waals surface area contributed by atoms with Crippen molar-refractivity contribution in [1.29, 1.82) is 0 Å². The summed E-state index contributed by atoms with van der Waals surface area (Å²) < 4.78 is 34.7. The molecule has 8 nitrogen and oxygen atoms in total. The van der Waals surface area contributed by atoms with Crippen LogP contribution in [-0.4, -0.2) is 70.7 Å². The molecule has 0 saturated carbocycles. The number of unbranched alkanes of at least 4 members (excludes halogenated alkanes) is 11. The van der Waals surface area contributed by atoms with Crippen LogP contribution in [-0.2, 0) is 27.9 Å². The zero-order valence-electron chi connectivity index (χ0n) is 41.9. The maximum absolute atomic E-state index is 12.7. The van der Waals surface area contributed by atoms with Crippen molar-refractivity contribution in [1.82, 2.24) is 0 Å². The van der Waals surface area contributed by atoms with Crippen LogP contribution in [0, 0.1) is 0 Å². The quantitative estimate of drug-likeness (QED) is 0.0197. The number of rotatable bonds is 45. The van der Waals surface area contributed by atoms with Gasteiger partial charge in [0, 0.05) is 13.0 Å². The molecule has 0 heterocycles. The van der Waals surface area contributed by atoms with E-state index in [4.69, 9.17) is 18.5 Å². The van der Waals surface area contributed by atoms with E-state index < -0.39 is 13.9 Å². The zero-order valence-corrected chi connectivity index (χ0v) is 42.8. The highest BCUT2D eigenvalue weighted by Crippen LogP contribution is 2.38. The summed E-state index contributed by atoms with van der Waals surface area (Å²) in [7, 11) is 1.30. The number of phosphoric ester groups is 1. The summed E-state index contributed by atoms with van der Waals surface area (Å²) in [5, 5.41) is 0. The van der Waals surface area contributed by atoms with Gasteiger partial charge in [0.15, 0.2) is 0 Å². The standard InChI is InChI=1S/C56H94NO7P/c1-6-8-10-12-14-16-18-20-22-24-26-28-30-32-34-36-38-40-42-44-46-48-51-61-53-55(54-63-65(59,60)62-52-50-57(3,4)5)64-56(58)49-47-45-43-41-39-37-35-33-31-29-27-25-23-21-19-17-15-13-11-9-7-2/h8-11,14-17,20-23,26-29,33,35,39,41,55H,6-7,12-13,18-19,24-25,30-32,34,36-38,40,42-54H2,1-5H3/b10-8-,11-9-,16-14-,17-15-,22-20-,23-21-,28-26-,29-27-,35-33-,41-39-. The largest absolute Gasteiger partial charge is 0.756 e. The number of hydrogen-bond acceptors (Lipinski definition) is 7. The summed E-state index contributed by atoms with van der Waals surface area (Å²) in [6.45, 7) is 5.08. The van der Waals surface area contributed by atoms with Gasteiger partial charge in [-0.3, -0.25) is 9.36 Å². The number of hydrogen-bond donors (Lipinski definition) is 0. The van der Waals surface area contributed by atoms with E-state index >= 15 is 0 Å². The second kappa shape index (κ2) is 47.4. The topological polar surface area (TPSA) is 94.1 Å². The lowest BCUT2D eigenvalue weighted by atomic mass is 10.1. The van der Waals surface area contributed by atoms with Crippen molar-refractivity contribution in [3.05, 3.63) is 122 Å². The molecule has 0 rings (SSSR count). The number of ether oxygens (including phenoxy) is 2. The van der Waals surface area contributed by atoms with Gasteiger partial charge in [0.05, 0.1) is 34.4 Å². The SMILES string of the molecule is CC/C=C\C/C=C\C/C=C\C/C=C\C/C=C\C/C=C\CCCCC(=O)OC(COCCCCCCCCCCC/C=C\C/C=C\C/C=C\C/C=C\CC)COP(=O)([O-])OCC[N+](C)(C)C. The highest BCUT2D eigenvalue weighted by molar-refractivity contribution is 7.45. The zero-order chi connectivity index (χ0) is 47.6. The predicted molar refractivity (Wildman–Crippen MR) is 277 cm³/mol. The molecule has 0 aliphatic heterocycles. The number of likely N-dealkylation sites (N-methyl/N-ethyl adjacent to an activating group) is 1. The molecule has 0 N–H and O–H groups in total. The van der Waals surface area contributed by atoms with E-state index in [0.29, 0.717) is 24.1 Å². The smallest absolute Gasteiger partial charge is 0.306 e. The first-order valence-electron chi connectivity index (χ1n) is 25.3. The molecule has 2 unspecified atom stereocenters. The molecule has 0 aliphatic carbocycles. The number of carbonyl (C=O) groups excluding carboxylic acids is 1. The Hall–Kier alpha value is -3.10. The Morgan fingerprint density at radius 1 is 0.477 bits per heavy atom. The van der Waals surface area contributed by atoms with Crippen LogP contribution in [0.2, 0.25) is 0 Å². The summed E-state index contributed by atoms with van der Waals surface area (Å²) in [5.74, 6) is -0.383. The fraction of sp³-hybridized carbons (Fsp3) is 0.625. The fourth-order valence-electron chi connectivity index (χ4n) is 6.19. The van der Waals surface area contributed by atoms with Gasteiger partial charge in [0.1, 0.15) is 19.3 Å². The summed E-state index contributed by atoms with van der Waals surface area (Å²) in [6, 6.07) is 0. The molecule has 370 valence electrons. The Labute approximate surface area is 399 Å². The number of quaternary nitrogens is 1. The van der Waals surface area contributed by atoms with Crippen LogP contribution in [0.1, 0.15) is 168 Å². The van der Waals surface area contributed by atoms with Gasteiger partial charge in [-0.1, -0.05) is 180 Å². The van der Waals surface area contributed by atoms with E-state index in [2.05, 4.69) is 135 Å². The first-order chi connectivity index (χ1) is 31.6. The first kappa shape index (κ1) is 61.9. The van der Waals surface area contributed by atoms with Crippen LogP contribution in [0.5, 0.6) is 0 Å². The van der Waals surface area contributed by atoms with E-state index in [1.807, 2.05) is 21.1 Å². The summed E-state index contributed by atoms with van der Waals surface area (Å²) in [5.41, 5.74) is 0. The van der Waals surface area contributed by atoms with Crippen LogP contribution < -0.4 is 4.89 Å². The van der Waals surface area contributed by atoms with Gasteiger partial charge < -0.3 is 27.9 Å². The van der Waals surface area contributed by atoms with Crippen molar-refractivity contribution in [2.24, 2.45) is 0 Å². The summed E-state index contributed by atoms with van der Waals surface area (Å²) in [4.78, 5) is 25.2. The number of allylic oxidation sites excluding steroid dienone is 20. The lowest BCUT2D eigenvalue weighted by Gasteiger charge is -2.28. The van der Waals surface area contributed by atoms with E-state index in [9.17, 15) is 14.3 Å². The average molecular weight is 924 g/mol. The summed E-state index contributed by atoms with van der Waals surface area (Å²) in [6.07, 6.45) is 68.0. The van der Waals surface area contributed by atoms with Crippen LogP contribution in [0.3, 0.4) is 0 Å². The van der Waals surface area contributed by atoms with E-state index in [0.717, 1.165) is 103 Å². The molecule has 0 aromatic heterocycles. The molecule has 0 bridgehead atoms. The highest BCUT2D eigenvalue weighted by atomic mass is 31.2. The van der Waals surface area contributed by atoms with Gasteiger partial charge in [-0.2, -0.15) is 0 Å². The molecule has 0 fully saturated rings.